The van der Waals surface area contributed by atoms with E-state index in [-0.39, 0.29) is 47.8 Å². The second kappa shape index (κ2) is 21.6. The summed E-state index contributed by atoms with van der Waals surface area (Å²) in [6.45, 7) is 12.7. The standard InChI is InChI=1S/C25H29N5O4.C25H27N5O3.H2O4S/c1-5-6-17(11-21(31)32)30-24-19(8-7-18(27-24)23(26)33)29(25(30)34)13-16-12-28(4)20-10-14(2)9-15(3)22(16)20;1-5-6-19(11-22(31)32)30-24-20(8-7-18(12-26)27-24)29(25(30)33)14-17-13-28(4)21-10-15(2)9-16(3)23(17)21;1-5(2,3)4/h7-10,12,17H,5-6,11,13H2,1-4H3,(H2,26,33)(H,31,32);7-10,13,19H,5-6,11,14H2,1-4H3,(H,31,32);(H2,1,2,3,4). The van der Waals surface area contributed by atoms with Gasteiger partial charge in [0.25, 0.3) is 5.91 Å². The van der Waals surface area contributed by atoms with Crippen LogP contribution in [0.25, 0.3) is 44.1 Å². The van der Waals surface area contributed by atoms with Crippen LogP contribution in [-0.4, -0.2) is 83.0 Å². The van der Waals surface area contributed by atoms with Crippen LogP contribution >= 0.6 is 0 Å². The smallest absolute Gasteiger partial charge is 0.394 e. The number of nitrogens with zero attached hydrogens (tertiary/aromatic N) is 9. The number of benzene rings is 2. The van der Waals surface area contributed by atoms with E-state index in [1.165, 1.54) is 20.8 Å². The Bertz CT molecular complexity index is 3690. The first-order chi connectivity index (χ1) is 33.9. The molecule has 8 rings (SSSR count). The number of carboxylic acids is 2. The Morgan fingerprint density at radius 1 is 0.681 bits per heavy atom. The quantitative estimate of drug-likeness (QED) is 0.0671. The van der Waals surface area contributed by atoms with Crippen molar-refractivity contribution in [3.05, 3.63) is 127 Å². The number of nitriles is 1. The monoisotopic (exact) mass is 1010 g/mol. The van der Waals surface area contributed by atoms with Gasteiger partial charge in [0.1, 0.15) is 17.5 Å². The van der Waals surface area contributed by atoms with Crippen LogP contribution in [0.15, 0.2) is 70.5 Å². The summed E-state index contributed by atoms with van der Waals surface area (Å²) in [5.74, 6) is -2.69. The zero-order valence-corrected chi connectivity index (χ0v) is 42.1. The lowest BCUT2D eigenvalue weighted by molar-refractivity contribution is -0.139. The molecule has 0 saturated carbocycles. The molecule has 0 spiro atoms. The molecule has 21 nitrogen and oxygen atoms in total. The van der Waals surface area contributed by atoms with Gasteiger partial charge in [-0.1, -0.05) is 38.8 Å². The van der Waals surface area contributed by atoms with Crippen LogP contribution in [0.2, 0.25) is 0 Å². The Morgan fingerprint density at radius 3 is 1.46 bits per heavy atom. The van der Waals surface area contributed by atoms with Crippen molar-refractivity contribution < 1.29 is 42.1 Å². The van der Waals surface area contributed by atoms with Crippen LogP contribution in [0, 0.1) is 39.0 Å². The first-order valence-electron chi connectivity index (χ1n) is 23.0. The lowest BCUT2D eigenvalue weighted by Gasteiger charge is -2.15. The van der Waals surface area contributed by atoms with Crippen LogP contribution in [-0.2, 0) is 47.2 Å². The molecular weight excluding hydrogens is 949 g/mol. The van der Waals surface area contributed by atoms with E-state index >= 15 is 0 Å². The number of hydrogen-bond acceptors (Lipinski definition) is 10. The molecule has 2 unspecified atom stereocenters. The predicted octanol–water partition coefficient (Wildman–Crippen LogP) is 6.66. The number of aryl methyl sites for hydroxylation is 6. The zero-order chi connectivity index (χ0) is 53.1. The highest BCUT2D eigenvalue weighted by Gasteiger charge is 2.27. The van der Waals surface area contributed by atoms with Gasteiger partial charge in [0.15, 0.2) is 11.3 Å². The van der Waals surface area contributed by atoms with Crippen LogP contribution in [0.4, 0.5) is 0 Å². The highest BCUT2D eigenvalue weighted by Crippen LogP contribution is 2.31. The van der Waals surface area contributed by atoms with Crippen molar-refractivity contribution in [2.75, 3.05) is 0 Å². The first-order valence-corrected chi connectivity index (χ1v) is 24.4. The summed E-state index contributed by atoms with van der Waals surface area (Å²) in [6.07, 6.45) is 6.06. The molecule has 0 aliphatic carbocycles. The Balaban J connectivity index is 0.000000215. The van der Waals surface area contributed by atoms with Gasteiger partial charge < -0.3 is 25.1 Å². The number of aromatic nitrogens is 8. The molecule has 0 saturated heterocycles. The molecule has 0 aliphatic heterocycles. The number of imidazole rings is 2. The van der Waals surface area contributed by atoms with Crippen molar-refractivity contribution in [2.24, 2.45) is 19.8 Å². The lowest BCUT2D eigenvalue weighted by atomic mass is 10.0. The molecular formula is C50H58N10O11S. The van der Waals surface area contributed by atoms with Crippen molar-refractivity contribution in [2.45, 2.75) is 105 Å². The van der Waals surface area contributed by atoms with Crippen molar-refractivity contribution in [1.82, 2.24) is 37.4 Å². The molecule has 380 valence electrons. The fraction of sp³-hybridized carbons (Fsp3) is 0.360. The van der Waals surface area contributed by atoms with Crippen LogP contribution < -0.4 is 17.1 Å². The zero-order valence-electron chi connectivity index (χ0n) is 41.2. The average Bonchev–Trinajstić information content (AvgIpc) is 3.95. The number of fused-ring (bicyclic) bond motifs is 4. The van der Waals surface area contributed by atoms with Gasteiger partial charge in [-0.2, -0.15) is 13.7 Å². The van der Waals surface area contributed by atoms with E-state index in [9.17, 15) is 39.4 Å². The van der Waals surface area contributed by atoms with E-state index in [1.54, 1.807) is 27.3 Å². The minimum Gasteiger partial charge on any atom is -0.481 e. The Hall–Kier alpha value is -7.87. The average molecular weight is 1010 g/mol. The third-order valence-corrected chi connectivity index (χ3v) is 12.5. The number of carbonyl (C=O) groups excluding carboxylic acids is 1. The molecule has 0 bridgehead atoms. The molecule has 0 aliphatic rings. The first kappa shape index (κ1) is 53.5. The van der Waals surface area contributed by atoms with Gasteiger partial charge in [0, 0.05) is 48.3 Å². The SMILES string of the molecule is CCCC(CC(=O)O)n1c(=O)n(Cc2cn(C)c3cc(C)cc(C)c23)c2ccc(C#N)nc21.CCCC(CC(=O)O)n1c(=O)n(Cc2cn(C)c3cc(C)cc(C)c23)c2ccc(C(N)=O)nc21.O=S(=O)(O)O. The number of nitrogens with two attached hydrogens (primary N) is 1. The topological polar surface area (TPSA) is 306 Å². The molecule has 2 atom stereocenters. The number of primary amides is 1. The van der Waals surface area contributed by atoms with Gasteiger partial charge in [-0.3, -0.25) is 41.8 Å². The molecule has 8 aromatic rings. The molecule has 72 heavy (non-hydrogen) atoms. The summed E-state index contributed by atoms with van der Waals surface area (Å²) in [5, 5.41) is 30.5. The number of hydrogen-bond donors (Lipinski definition) is 5. The number of rotatable bonds is 15. The number of amides is 1. The second-order valence-electron chi connectivity index (χ2n) is 18.0. The second-order valence-corrected chi connectivity index (χ2v) is 18.9. The van der Waals surface area contributed by atoms with Gasteiger partial charge in [0.05, 0.1) is 49.0 Å². The molecule has 6 N–H and O–H groups in total. The van der Waals surface area contributed by atoms with E-state index in [1.807, 2.05) is 51.0 Å². The highest BCUT2D eigenvalue weighted by molar-refractivity contribution is 7.79. The third kappa shape index (κ3) is 11.5. The Morgan fingerprint density at radius 2 is 1.08 bits per heavy atom. The summed E-state index contributed by atoms with van der Waals surface area (Å²) in [5.41, 5.74) is 15.5. The summed E-state index contributed by atoms with van der Waals surface area (Å²) in [7, 11) is -0.705. The maximum absolute atomic E-state index is 13.7. The Kier molecular flexibility index (Phi) is 16.1. The lowest BCUT2D eigenvalue weighted by Crippen LogP contribution is -2.29. The normalized spacial score (nSPS) is 12.3. The maximum Gasteiger partial charge on any atom is 0.394 e. The van der Waals surface area contributed by atoms with Crippen molar-refractivity contribution in [3.8, 4) is 6.07 Å². The van der Waals surface area contributed by atoms with E-state index in [2.05, 4.69) is 66.5 Å². The van der Waals surface area contributed by atoms with Crippen LogP contribution in [0.1, 0.15) is 114 Å². The van der Waals surface area contributed by atoms with Gasteiger partial charge >= 0.3 is 33.7 Å². The van der Waals surface area contributed by atoms with E-state index in [0.717, 1.165) is 56.0 Å². The molecule has 6 aromatic heterocycles. The number of carbonyl (C=O) groups is 3. The van der Waals surface area contributed by atoms with Crippen molar-refractivity contribution in [3.63, 3.8) is 0 Å². The van der Waals surface area contributed by atoms with Gasteiger partial charge in [0.2, 0.25) is 0 Å². The van der Waals surface area contributed by atoms with Crippen LogP contribution in [0.5, 0.6) is 0 Å². The molecule has 6 heterocycles. The summed E-state index contributed by atoms with van der Waals surface area (Å²) in [4.78, 5) is 71.1. The molecule has 1 amide bonds. The van der Waals surface area contributed by atoms with Crippen molar-refractivity contribution >= 4 is 72.4 Å². The number of pyridine rings is 2. The summed E-state index contributed by atoms with van der Waals surface area (Å²) in [6, 6.07) is 15.8. The number of aliphatic carboxylic acids is 2. The highest BCUT2D eigenvalue weighted by atomic mass is 32.3. The largest absolute Gasteiger partial charge is 0.481 e. The maximum atomic E-state index is 13.7. The van der Waals surface area contributed by atoms with Crippen molar-refractivity contribution in [1.29, 1.82) is 5.26 Å². The summed E-state index contributed by atoms with van der Waals surface area (Å²) >= 11 is 0. The molecule has 0 fully saturated rings. The fourth-order valence-electron chi connectivity index (χ4n) is 9.78. The number of carboxylic acid groups (broad SMARTS) is 2. The van der Waals surface area contributed by atoms with E-state index < -0.39 is 40.3 Å². The van der Waals surface area contributed by atoms with Gasteiger partial charge in [-0.25, -0.2) is 19.6 Å². The fourth-order valence-corrected chi connectivity index (χ4v) is 9.78. The predicted molar refractivity (Wildman–Crippen MR) is 271 cm³/mol. The van der Waals surface area contributed by atoms with E-state index in [0.29, 0.717) is 42.5 Å². The summed E-state index contributed by atoms with van der Waals surface area (Å²) < 4.78 is 41.8. The third-order valence-electron chi connectivity index (χ3n) is 12.5. The molecule has 0 radical (unpaired) electrons. The van der Waals surface area contributed by atoms with Gasteiger partial charge in [-0.15, -0.1) is 0 Å². The minimum absolute atomic E-state index is 0.0282. The molecule has 2 aromatic carbocycles. The minimum atomic E-state index is -4.67. The van der Waals surface area contributed by atoms with Crippen LogP contribution in [0.3, 0.4) is 0 Å². The Labute approximate surface area is 413 Å². The molecule has 22 heteroatoms. The van der Waals surface area contributed by atoms with Gasteiger partial charge in [-0.05, 0) is 110 Å². The van der Waals surface area contributed by atoms with E-state index in [4.69, 9.17) is 23.3 Å².